The number of ether oxygens (including phenoxy) is 1. The van der Waals surface area contributed by atoms with Gasteiger partial charge in [0.25, 0.3) is 5.91 Å². The third-order valence-electron chi connectivity index (χ3n) is 2.69. The zero-order valence-corrected chi connectivity index (χ0v) is 14.1. The van der Waals surface area contributed by atoms with Gasteiger partial charge in [-0.3, -0.25) is 4.79 Å². The van der Waals surface area contributed by atoms with Crippen molar-refractivity contribution in [2.24, 2.45) is 0 Å². The van der Waals surface area contributed by atoms with Gasteiger partial charge in [-0.05, 0) is 45.5 Å². The Bertz CT molecular complexity index is 449. The Kier molecular flexibility index (Phi) is 7.02. The fourth-order valence-corrected chi connectivity index (χ4v) is 2.12. The smallest absolute Gasteiger partial charge is 0.260 e. The first-order valence-electron chi connectivity index (χ1n) is 6.90. The highest BCUT2D eigenvalue weighted by Gasteiger charge is 2.17. The molecular weight excluding hydrogens is 320 g/mol. The molecule has 1 unspecified atom stereocenters. The van der Waals surface area contributed by atoms with Crippen molar-refractivity contribution >= 4 is 21.8 Å². The van der Waals surface area contributed by atoms with Crippen LogP contribution in [0.2, 0.25) is 0 Å². The van der Waals surface area contributed by atoms with Crippen molar-refractivity contribution in [2.75, 3.05) is 6.54 Å². The minimum absolute atomic E-state index is 0.0997. The van der Waals surface area contributed by atoms with E-state index in [4.69, 9.17) is 4.74 Å². The van der Waals surface area contributed by atoms with Gasteiger partial charge < -0.3 is 15.4 Å². The van der Waals surface area contributed by atoms with Gasteiger partial charge in [-0.15, -0.1) is 0 Å². The number of carbonyl (C=O) groups excluding carboxylic acids is 1. The average Bonchev–Trinajstić information content (AvgIpc) is 2.38. The Labute approximate surface area is 129 Å². The summed E-state index contributed by atoms with van der Waals surface area (Å²) in [5, 5.41) is 6.11. The lowest BCUT2D eigenvalue weighted by atomic mass is 10.2. The molecule has 4 nitrogen and oxygen atoms in total. The van der Waals surface area contributed by atoms with E-state index < -0.39 is 6.10 Å². The molecule has 0 spiro atoms. The fraction of sp³-hybridized carbons (Fsp3) is 0.533. The molecule has 0 heterocycles. The van der Waals surface area contributed by atoms with Gasteiger partial charge in [-0.25, -0.2) is 0 Å². The topological polar surface area (TPSA) is 50.4 Å². The predicted octanol–water partition coefficient (Wildman–Crippen LogP) is 2.85. The second kappa shape index (κ2) is 8.27. The molecule has 0 radical (unpaired) electrons. The lowest BCUT2D eigenvalue weighted by molar-refractivity contribution is -0.127. The van der Waals surface area contributed by atoms with Crippen LogP contribution >= 0.6 is 15.9 Å². The van der Waals surface area contributed by atoms with Gasteiger partial charge in [-0.2, -0.15) is 0 Å². The van der Waals surface area contributed by atoms with Crippen LogP contribution in [-0.4, -0.2) is 24.6 Å². The molecule has 1 aromatic rings. The SMILES string of the molecule is CCNCc1cc(Br)ccc1OC(C)C(=O)NC(C)C. The summed E-state index contributed by atoms with van der Waals surface area (Å²) < 4.78 is 6.78. The number of rotatable bonds is 7. The highest BCUT2D eigenvalue weighted by molar-refractivity contribution is 9.10. The number of amides is 1. The molecule has 0 fully saturated rings. The summed E-state index contributed by atoms with van der Waals surface area (Å²) in [6.07, 6.45) is -0.515. The summed E-state index contributed by atoms with van der Waals surface area (Å²) in [5.41, 5.74) is 1.03. The van der Waals surface area contributed by atoms with E-state index in [0.29, 0.717) is 6.54 Å². The van der Waals surface area contributed by atoms with Gasteiger partial charge in [0, 0.05) is 22.6 Å². The molecule has 0 saturated carbocycles. The number of benzene rings is 1. The summed E-state index contributed by atoms with van der Waals surface area (Å²) in [4.78, 5) is 11.9. The van der Waals surface area contributed by atoms with Crippen LogP contribution in [0.3, 0.4) is 0 Å². The van der Waals surface area contributed by atoms with E-state index in [0.717, 1.165) is 22.3 Å². The molecule has 0 bridgehead atoms. The molecule has 1 atom stereocenters. The Morgan fingerprint density at radius 1 is 1.35 bits per heavy atom. The summed E-state index contributed by atoms with van der Waals surface area (Å²) in [5.74, 6) is 0.637. The first-order valence-corrected chi connectivity index (χ1v) is 7.69. The van der Waals surface area contributed by atoms with Crippen molar-refractivity contribution < 1.29 is 9.53 Å². The van der Waals surface area contributed by atoms with Gasteiger partial charge in [0.15, 0.2) is 6.10 Å². The molecule has 0 aromatic heterocycles. The first-order chi connectivity index (χ1) is 9.43. The van der Waals surface area contributed by atoms with Gasteiger partial charge in [0.05, 0.1) is 0 Å². The summed E-state index contributed by atoms with van der Waals surface area (Å²) >= 11 is 3.45. The van der Waals surface area contributed by atoms with Crippen LogP contribution in [0.25, 0.3) is 0 Å². The number of halogens is 1. The fourth-order valence-electron chi connectivity index (χ4n) is 1.71. The van der Waals surface area contributed by atoms with Gasteiger partial charge in [-0.1, -0.05) is 22.9 Å². The zero-order valence-electron chi connectivity index (χ0n) is 12.5. The Morgan fingerprint density at radius 2 is 2.05 bits per heavy atom. The highest BCUT2D eigenvalue weighted by atomic mass is 79.9. The maximum absolute atomic E-state index is 11.9. The van der Waals surface area contributed by atoms with Crippen LogP contribution in [-0.2, 0) is 11.3 Å². The lowest BCUT2D eigenvalue weighted by Gasteiger charge is -2.19. The molecule has 0 aliphatic carbocycles. The van der Waals surface area contributed by atoms with E-state index in [1.165, 1.54) is 0 Å². The van der Waals surface area contributed by atoms with Crippen LogP contribution in [0.1, 0.15) is 33.3 Å². The molecule has 20 heavy (non-hydrogen) atoms. The summed E-state index contributed by atoms with van der Waals surface area (Å²) in [6, 6.07) is 5.92. The van der Waals surface area contributed by atoms with E-state index in [9.17, 15) is 4.79 Å². The predicted molar refractivity (Wildman–Crippen MR) is 84.9 cm³/mol. The first kappa shape index (κ1) is 17.0. The second-order valence-electron chi connectivity index (χ2n) is 4.96. The molecule has 1 aromatic carbocycles. The number of hydrogen-bond donors (Lipinski definition) is 2. The van der Waals surface area contributed by atoms with Crippen LogP contribution in [0.5, 0.6) is 5.75 Å². The van der Waals surface area contributed by atoms with Crippen molar-refractivity contribution in [3.8, 4) is 5.75 Å². The molecule has 1 rings (SSSR count). The van der Waals surface area contributed by atoms with Crippen molar-refractivity contribution in [3.63, 3.8) is 0 Å². The molecule has 112 valence electrons. The van der Waals surface area contributed by atoms with Crippen molar-refractivity contribution in [1.82, 2.24) is 10.6 Å². The molecule has 0 saturated heterocycles. The van der Waals surface area contributed by atoms with Crippen molar-refractivity contribution in [1.29, 1.82) is 0 Å². The van der Waals surface area contributed by atoms with Gasteiger partial charge in [0.2, 0.25) is 0 Å². The van der Waals surface area contributed by atoms with Crippen molar-refractivity contribution in [3.05, 3.63) is 28.2 Å². The number of nitrogens with one attached hydrogen (secondary N) is 2. The van der Waals surface area contributed by atoms with Crippen LogP contribution in [0.4, 0.5) is 0 Å². The highest BCUT2D eigenvalue weighted by Crippen LogP contribution is 2.24. The normalized spacial score (nSPS) is 12.3. The van der Waals surface area contributed by atoms with Crippen LogP contribution < -0.4 is 15.4 Å². The number of hydrogen-bond acceptors (Lipinski definition) is 3. The van der Waals surface area contributed by atoms with E-state index in [1.807, 2.05) is 32.0 Å². The maximum atomic E-state index is 11.9. The third-order valence-corrected chi connectivity index (χ3v) is 3.19. The molecule has 2 N–H and O–H groups in total. The molecule has 0 aliphatic rings. The van der Waals surface area contributed by atoms with E-state index in [1.54, 1.807) is 6.92 Å². The van der Waals surface area contributed by atoms with E-state index in [-0.39, 0.29) is 11.9 Å². The summed E-state index contributed by atoms with van der Waals surface area (Å²) in [6.45, 7) is 9.27. The molecular formula is C15H23BrN2O2. The van der Waals surface area contributed by atoms with Crippen LogP contribution in [0, 0.1) is 0 Å². The maximum Gasteiger partial charge on any atom is 0.260 e. The quantitative estimate of drug-likeness (QED) is 0.800. The Balaban J connectivity index is 2.77. The standard InChI is InChI=1S/C15H23BrN2O2/c1-5-17-9-12-8-13(16)6-7-14(12)20-11(4)15(19)18-10(2)3/h6-8,10-11,17H,5,9H2,1-4H3,(H,18,19). The largest absolute Gasteiger partial charge is 0.481 e. The minimum atomic E-state index is -0.515. The van der Waals surface area contributed by atoms with Gasteiger partial charge in [0.1, 0.15) is 5.75 Å². The Hall–Kier alpha value is -1.07. The van der Waals surface area contributed by atoms with E-state index in [2.05, 4.69) is 33.5 Å². The molecule has 5 heteroatoms. The minimum Gasteiger partial charge on any atom is -0.481 e. The third kappa shape index (κ3) is 5.51. The lowest BCUT2D eigenvalue weighted by Crippen LogP contribution is -2.40. The molecule has 1 amide bonds. The van der Waals surface area contributed by atoms with Gasteiger partial charge >= 0.3 is 0 Å². The summed E-state index contributed by atoms with van der Waals surface area (Å²) in [7, 11) is 0. The van der Waals surface area contributed by atoms with E-state index >= 15 is 0 Å². The van der Waals surface area contributed by atoms with Crippen molar-refractivity contribution in [2.45, 2.75) is 46.4 Å². The zero-order chi connectivity index (χ0) is 15.1. The van der Waals surface area contributed by atoms with Crippen LogP contribution in [0.15, 0.2) is 22.7 Å². The number of carbonyl (C=O) groups is 1. The second-order valence-corrected chi connectivity index (χ2v) is 5.87. The average molecular weight is 343 g/mol. The molecule has 0 aliphatic heterocycles. The monoisotopic (exact) mass is 342 g/mol. The Morgan fingerprint density at radius 3 is 2.65 bits per heavy atom.